The van der Waals surface area contributed by atoms with Gasteiger partial charge in [0.15, 0.2) is 0 Å². The minimum absolute atomic E-state index is 0.0512. The lowest BCUT2D eigenvalue weighted by atomic mass is 9.46. The van der Waals surface area contributed by atoms with Crippen molar-refractivity contribution in [3.8, 4) is 0 Å². The molecule has 4 aliphatic rings. The summed E-state index contributed by atoms with van der Waals surface area (Å²) in [5.74, 6) is 0.364. The van der Waals surface area contributed by atoms with E-state index < -0.39 is 0 Å². The maximum atomic E-state index is 11.7. The van der Waals surface area contributed by atoms with Crippen molar-refractivity contribution in [1.29, 1.82) is 0 Å². The standard InChI is InChI=1S/C16H24O3/c1-4-13(17)19-16-8-12-6-14(3,10-16)9-15(7-12,11-16)18-5-2/h4,12H,1,5-11H2,2-3H3. The fraction of sp³-hybridized carbons (Fsp3) is 0.812. The van der Waals surface area contributed by atoms with Crippen molar-refractivity contribution in [3.63, 3.8) is 0 Å². The van der Waals surface area contributed by atoms with Crippen LogP contribution in [0.25, 0.3) is 0 Å². The molecule has 4 unspecified atom stereocenters. The van der Waals surface area contributed by atoms with Crippen LogP contribution >= 0.6 is 0 Å². The van der Waals surface area contributed by atoms with Gasteiger partial charge in [-0.3, -0.25) is 0 Å². The molecule has 4 atom stereocenters. The summed E-state index contributed by atoms with van der Waals surface area (Å²) < 4.78 is 11.9. The molecule has 0 aliphatic heterocycles. The van der Waals surface area contributed by atoms with E-state index in [2.05, 4.69) is 20.4 Å². The Balaban J connectivity index is 1.91. The zero-order chi connectivity index (χ0) is 13.7. The molecule has 19 heavy (non-hydrogen) atoms. The molecule has 0 aromatic carbocycles. The first-order valence-electron chi connectivity index (χ1n) is 7.42. The zero-order valence-corrected chi connectivity index (χ0v) is 12.0. The van der Waals surface area contributed by atoms with Crippen LogP contribution in [0.15, 0.2) is 12.7 Å². The lowest BCUT2D eigenvalue weighted by Crippen LogP contribution is -2.64. The molecule has 0 heterocycles. The lowest BCUT2D eigenvalue weighted by molar-refractivity contribution is -0.250. The van der Waals surface area contributed by atoms with Gasteiger partial charge in [-0.15, -0.1) is 0 Å². The van der Waals surface area contributed by atoms with Gasteiger partial charge in [-0.1, -0.05) is 13.5 Å². The van der Waals surface area contributed by atoms with E-state index in [1.54, 1.807) is 0 Å². The number of hydrogen-bond donors (Lipinski definition) is 0. The van der Waals surface area contributed by atoms with E-state index >= 15 is 0 Å². The predicted molar refractivity (Wildman–Crippen MR) is 72.7 cm³/mol. The van der Waals surface area contributed by atoms with Gasteiger partial charge < -0.3 is 9.47 Å². The summed E-state index contributed by atoms with van der Waals surface area (Å²) >= 11 is 0. The number of carbonyl (C=O) groups excluding carboxylic acids is 1. The van der Waals surface area contributed by atoms with Gasteiger partial charge in [0.25, 0.3) is 0 Å². The molecule has 0 aromatic heterocycles. The number of rotatable bonds is 4. The molecule has 0 spiro atoms. The summed E-state index contributed by atoms with van der Waals surface area (Å²) in [6.45, 7) is 8.66. The van der Waals surface area contributed by atoms with Crippen molar-refractivity contribution in [3.05, 3.63) is 12.7 Å². The lowest BCUT2D eigenvalue weighted by Gasteiger charge is -2.64. The van der Waals surface area contributed by atoms with E-state index in [1.807, 2.05) is 0 Å². The molecule has 3 heteroatoms. The molecule has 0 saturated heterocycles. The first kappa shape index (κ1) is 13.2. The van der Waals surface area contributed by atoms with Gasteiger partial charge in [0.05, 0.1) is 5.60 Å². The van der Waals surface area contributed by atoms with Crippen LogP contribution in [0.3, 0.4) is 0 Å². The molecule has 0 amide bonds. The summed E-state index contributed by atoms with van der Waals surface area (Å²) in [7, 11) is 0. The number of esters is 1. The smallest absolute Gasteiger partial charge is 0.330 e. The number of ether oxygens (including phenoxy) is 2. The molecule has 4 fully saturated rings. The van der Waals surface area contributed by atoms with Crippen molar-refractivity contribution in [1.82, 2.24) is 0 Å². The minimum Gasteiger partial charge on any atom is -0.456 e. The van der Waals surface area contributed by atoms with Crippen LogP contribution in [-0.4, -0.2) is 23.8 Å². The van der Waals surface area contributed by atoms with Crippen LogP contribution in [0, 0.1) is 11.3 Å². The topological polar surface area (TPSA) is 35.5 Å². The molecule has 106 valence electrons. The van der Waals surface area contributed by atoms with E-state index in [1.165, 1.54) is 12.5 Å². The van der Waals surface area contributed by atoms with Crippen LogP contribution in [0.5, 0.6) is 0 Å². The molecule has 4 rings (SSSR count). The maximum Gasteiger partial charge on any atom is 0.330 e. The summed E-state index contributed by atoms with van der Waals surface area (Å²) in [6.07, 6.45) is 7.69. The fourth-order valence-corrected chi connectivity index (χ4v) is 5.56. The Kier molecular flexibility index (Phi) is 2.83. The summed E-state index contributed by atoms with van der Waals surface area (Å²) in [6, 6.07) is 0. The summed E-state index contributed by atoms with van der Waals surface area (Å²) in [5.41, 5.74) is -0.0744. The van der Waals surface area contributed by atoms with Crippen molar-refractivity contribution < 1.29 is 14.3 Å². The maximum absolute atomic E-state index is 11.7. The van der Waals surface area contributed by atoms with Gasteiger partial charge >= 0.3 is 5.97 Å². The van der Waals surface area contributed by atoms with Gasteiger partial charge in [-0.05, 0) is 50.4 Å². The van der Waals surface area contributed by atoms with Crippen molar-refractivity contribution in [2.24, 2.45) is 11.3 Å². The Morgan fingerprint density at radius 2 is 1.95 bits per heavy atom. The van der Waals surface area contributed by atoms with E-state index in [0.717, 1.165) is 38.7 Å². The third kappa shape index (κ3) is 2.12. The predicted octanol–water partition coefficient (Wildman–Crippen LogP) is 3.23. The van der Waals surface area contributed by atoms with Gasteiger partial charge in [0, 0.05) is 19.1 Å². The highest BCUT2D eigenvalue weighted by molar-refractivity contribution is 5.81. The Bertz CT molecular complexity index is 418. The molecule has 0 aromatic rings. The van der Waals surface area contributed by atoms with Crippen molar-refractivity contribution >= 4 is 5.97 Å². The summed E-state index contributed by atoms with van der Waals surface area (Å²) in [5, 5.41) is 0. The fourth-order valence-electron chi connectivity index (χ4n) is 5.56. The normalized spacial score (nSPS) is 47.2. The average molecular weight is 264 g/mol. The Hall–Kier alpha value is -0.830. The van der Waals surface area contributed by atoms with Crippen molar-refractivity contribution in [2.45, 2.75) is 63.6 Å². The SMILES string of the molecule is C=CC(=O)OC12CC3CC(C)(CC(OCC)(C3)C1)C2. The van der Waals surface area contributed by atoms with Crippen LogP contribution in [0.1, 0.15) is 52.4 Å². The molecule has 4 bridgehead atoms. The minimum atomic E-state index is -0.297. The number of hydrogen-bond acceptors (Lipinski definition) is 3. The Morgan fingerprint density at radius 1 is 1.26 bits per heavy atom. The third-order valence-corrected chi connectivity index (χ3v) is 5.18. The quantitative estimate of drug-likeness (QED) is 0.577. The molecule has 0 N–H and O–H groups in total. The average Bonchev–Trinajstić information content (AvgIpc) is 2.24. The van der Waals surface area contributed by atoms with Gasteiger partial charge in [0.2, 0.25) is 0 Å². The van der Waals surface area contributed by atoms with Gasteiger partial charge in [-0.25, -0.2) is 4.79 Å². The highest BCUT2D eigenvalue weighted by Gasteiger charge is 2.64. The molecule has 3 nitrogen and oxygen atoms in total. The van der Waals surface area contributed by atoms with E-state index in [0.29, 0.717) is 5.92 Å². The number of carbonyl (C=O) groups is 1. The summed E-state index contributed by atoms with van der Waals surface area (Å²) in [4.78, 5) is 11.7. The Morgan fingerprint density at radius 3 is 2.58 bits per heavy atom. The van der Waals surface area contributed by atoms with Crippen LogP contribution in [0.4, 0.5) is 0 Å². The van der Waals surface area contributed by atoms with E-state index in [-0.39, 0.29) is 22.6 Å². The third-order valence-electron chi connectivity index (χ3n) is 5.18. The van der Waals surface area contributed by atoms with Crippen LogP contribution < -0.4 is 0 Å². The van der Waals surface area contributed by atoms with E-state index in [4.69, 9.17) is 9.47 Å². The second-order valence-electron chi connectivity index (χ2n) is 7.24. The second kappa shape index (κ2) is 4.08. The van der Waals surface area contributed by atoms with Crippen LogP contribution in [-0.2, 0) is 14.3 Å². The molecule has 0 radical (unpaired) electrons. The second-order valence-corrected chi connectivity index (χ2v) is 7.24. The van der Waals surface area contributed by atoms with Gasteiger partial charge in [0.1, 0.15) is 5.60 Å². The molecule has 4 saturated carbocycles. The highest BCUT2D eigenvalue weighted by atomic mass is 16.6. The van der Waals surface area contributed by atoms with Crippen LogP contribution in [0.2, 0.25) is 0 Å². The molecular weight excluding hydrogens is 240 g/mol. The monoisotopic (exact) mass is 264 g/mol. The Labute approximate surface area is 115 Å². The first-order valence-corrected chi connectivity index (χ1v) is 7.42. The molecular formula is C16H24O3. The highest BCUT2D eigenvalue weighted by Crippen LogP contribution is 2.65. The largest absolute Gasteiger partial charge is 0.456 e. The first-order chi connectivity index (χ1) is 8.92. The van der Waals surface area contributed by atoms with E-state index in [9.17, 15) is 4.79 Å². The van der Waals surface area contributed by atoms with Crippen molar-refractivity contribution in [2.75, 3.05) is 6.61 Å². The van der Waals surface area contributed by atoms with Gasteiger partial charge in [-0.2, -0.15) is 0 Å². The zero-order valence-electron chi connectivity index (χ0n) is 12.0. The molecule has 4 aliphatic carbocycles.